The molecule has 0 bridgehead atoms. The number of rotatable bonds is 4. The Bertz CT molecular complexity index is 394. The summed E-state index contributed by atoms with van der Waals surface area (Å²) in [5.74, 6) is 0.746. The molecule has 0 saturated carbocycles. The molecule has 1 atom stereocenters. The SMILES string of the molecule is CC(C)Oc1cc(NC(C)C(C)(C)C)ccc1N. The van der Waals surface area contributed by atoms with Gasteiger partial charge in [-0.1, -0.05) is 20.8 Å². The van der Waals surface area contributed by atoms with E-state index in [0.717, 1.165) is 11.4 Å². The Morgan fingerprint density at radius 1 is 1.17 bits per heavy atom. The summed E-state index contributed by atoms with van der Waals surface area (Å²) >= 11 is 0. The molecule has 1 unspecified atom stereocenters. The van der Waals surface area contributed by atoms with Crippen LogP contribution in [0.1, 0.15) is 41.5 Å². The lowest BCUT2D eigenvalue weighted by molar-refractivity contribution is 0.244. The molecule has 0 aliphatic heterocycles. The van der Waals surface area contributed by atoms with Crippen LogP contribution in [-0.4, -0.2) is 12.1 Å². The highest BCUT2D eigenvalue weighted by atomic mass is 16.5. The maximum atomic E-state index is 5.90. The lowest BCUT2D eigenvalue weighted by atomic mass is 9.88. The summed E-state index contributed by atoms with van der Waals surface area (Å²) in [5.41, 5.74) is 7.83. The van der Waals surface area contributed by atoms with Crippen LogP contribution in [0.5, 0.6) is 5.75 Å². The van der Waals surface area contributed by atoms with Gasteiger partial charge in [0.1, 0.15) is 5.75 Å². The molecule has 0 spiro atoms. The van der Waals surface area contributed by atoms with Crippen LogP contribution >= 0.6 is 0 Å². The Kier molecular flexibility index (Phi) is 4.49. The third kappa shape index (κ3) is 4.13. The average molecular weight is 250 g/mol. The predicted molar refractivity (Wildman–Crippen MR) is 79.2 cm³/mol. The number of hydrogen-bond donors (Lipinski definition) is 2. The highest BCUT2D eigenvalue weighted by Crippen LogP contribution is 2.29. The second-order valence-corrected chi connectivity index (χ2v) is 6.15. The normalized spacial score (nSPS) is 13.5. The van der Waals surface area contributed by atoms with Crippen molar-refractivity contribution in [3.63, 3.8) is 0 Å². The number of nitrogens with two attached hydrogens (primary N) is 1. The fraction of sp³-hybridized carbons (Fsp3) is 0.600. The molecule has 0 fully saturated rings. The van der Waals surface area contributed by atoms with Gasteiger partial charge in [-0.05, 0) is 38.3 Å². The lowest BCUT2D eigenvalue weighted by Crippen LogP contribution is -2.30. The van der Waals surface area contributed by atoms with Crippen molar-refractivity contribution in [1.82, 2.24) is 0 Å². The molecule has 3 nitrogen and oxygen atoms in total. The molecule has 18 heavy (non-hydrogen) atoms. The maximum Gasteiger partial charge on any atom is 0.144 e. The van der Waals surface area contributed by atoms with E-state index in [1.807, 2.05) is 32.0 Å². The average Bonchev–Trinajstić information content (AvgIpc) is 2.20. The minimum absolute atomic E-state index is 0.127. The van der Waals surface area contributed by atoms with Gasteiger partial charge in [0.2, 0.25) is 0 Å². The first kappa shape index (κ1) is 14.7. The van der Waals surface area contributed by atoms with E-state index in [1.54, 1.807) is 0 Å². The minimum Gasteiger partial charge on any atom is -0.489 e. The van der Waals surface area contributed by atoms with Crippen LogP contribution in [0.25, 0.3) is 0 Å². The second kappa shape index (κ2) is 5.51. The van der Waals surface area contributed by atoms with Crippen molar-refractivity contribution in [3.05, 3.63) is 18.2 Å². The molecular weight excluding hydrogens is 224 g/mol. The molecule has 0 radical (unpaired) electrons. The molecular formula is C15H26N2O. The molecule has 3 heteroatoms. The van der Waals surface area contributed by atoms with E-state index in [4.69, 9.17) is 10.5 Å². The molecule has 1 aromatic carbocycles. The Hall–Kier alpha value is -1.38. The van der Waals surface area contributed by atoms with Gasteiger partial charge in [-0.3, -0.25) is 0 Å². The Morgan fingerprint density at radius 2 is 1.78 bits per heavy atom. The number of hydrogen-bond acceptors (Lipinski definition) is 3. The summed E-state index contributed by atoms with van der Waals surface area (Å²) in [6.45, 7) is 12.8. The van der Waals surface area contributed by atoms with E-state index in [1.165, 1.54) is 0 Å². The summed E-state index contributed by atoms with van der Waals surface area (Å²) < 4.78 is 5.69. The molecule has 0 aliphatic rings. The molecule has 0 amide bonds. The largest absolute Gasteiger partial charge is 0.489 e. The third-order valence-corrected chi connectivity index (χ3v) is 3.06. The Balaban J connectivity index is 2.85. The van der Waals surface area contributed by atoms with Crippen molar-refractivity contribution in [2.24, 2.45) is 5.41 Å². The standard InChI is InChI=1S/C15H26N2O/c1-10(2)18-14-9-12(7-8-13(14)16)17-11(3)15(4,5)6/h7-11,17H,16H2,1-6H3. The van der Waals surface area contributed by atoms with Crippen LogP contribution in [0, 0.1) is 5.41 Å². The maximum absolute atomic E-state index is 5.90. The number of ether oxygens (including phenoxy) is 1. The van der Waals surface area contributed by atoms with E-state index in [0.29, 0.717) is 11.7 Å². The van der Waals surface area contributed by atoms with Gasteiger partial charge in [0.15, 0.2) is 0 Å². The summed E-state index contributed by atoms with van der Waals surface area (Å²) in [4.78, 5) is 0. The topological polar surface area (TPSA) is 47.3 Å². The van der Waals surface area contributed by atoms with Crippen molar-refractivity contribution in [1.29, 1.82) is 0 Å². The van der Waals surface area contributed by atoms with E-state index in [-0.39, 0.29) is 11.5 Å². The van der Waals surface area contributed by atoms with Crippen LogP contribution in [-0.2, 0) is 0 Å². The summed E-state index contributed by atoms with van der Waals surface area (Å²) in [7, 11) is 0. The Labute approximate surface area is 111 Å². The van der Waals surface area contributed by atoms with Crippen molar-refractivity contribution >= 4 is 11.4 Å². The molecule has 102 valence electrons. The smallest absolute Gasteiger partial charge is 0.144 e. The molecule has 0 saturated heterocycles. The minimum atomic E-state index is 0.127. The van der Waals surface area contributed by atoms with E-state index in [2.05, 4.69) is 33.0 Å². The molecule has 0 aliphatic carbocycles. The summed E-state index contributed by atoms with van der Waals surface area (Å²) in [6, 6.07) is 6.21. The van der Waals surface area contributed by atoms with Crippen molar-refractivity contribution in [3.8, 4) is 5.75 Å². The number of nitrogens with one attached hydrogen (secondary N) is 1. The van der Waals surface area contributed by atoms with Gasteiger partial charge in [-0.15, -0.1) is 0 Å². The lowest BCUT2D eigenvalue weighted by Gasteiger charge is -2.29. The molecule has 1 rings (SSSR count). The van der Waals surface area contributed by atoms with Crippen molar-refractivity contribution < 1.29 is 4.74 Å². The van der Waals surface area contributed by atoms with Gasteiger partial charge in [-0.2, -0.15) is 0 Å². The van der Waals surface area contributed by atoms with E-state index >= 15 is 0 Å². The van der Waals surface area contributed by atoms with Gasteiger partial charge in [-0.25, -0.2) is 0 Å². The van der Waals surface area contributed by atoms with Crippen LogP contribution < -0.4 is 15.8 Å². The molecule has 0 heterocycles. The fourth-order valence-electron chi connectivity index (χ4n) is 1.45. The van der Waals surface area contributed by atoms with Gasteiger partial charge in [0, 0.05) is 17.8 Å². The van der Waals surface area contributed by atoms with Crippen molar-refractivity contribution in [2.45, 2.75) is 53.7 Å². The van der Waals surface area contributed by atoms with Crippen molar-refractivity contribution in [2.75, 3.05) is 11.1 Å². The van der Waals surface area contributed by atoms with Gasteiger partial charge < -0.3 is 15.8 Å². The van der Waals surface area contributed by atoms with Crippen LogP contribution in [0.2, 0.25) is 0 Å². The number of anilines is 2. The zero-order valence-corrected chi connectivity index (χ0v) is 12.4. The van der Waals surface area contributed by atoms with E-state index < -0.39 is 0 Å². The monoisotopic (exact) mass is 250 g/mol. The van der Waals surface area contributed by atoms with E-state index in [9.17, 15) is 0 Å². The highest BCUT2D eigenvalue weighted by Gasteiger charge is 2.19. The first-order valence-corrected chi connectivity index (χ1v) is 6.53. The summed E-state index contributed by atoms with van der Waals surface area (Å²) in [5, 5.41) is 3.49. The van der Waals surface area contributed by atoms with Gasteiger partial charge >= 0.3 is 0 Å². The third-order valence-electron chi connectivity index (χ3n) is 3.06. The zero-order valence-electron chi connectivity index (χ0n) is 12.4. The molecule has 1 aromatic rings. The highest BCUT2D eigenvalue weighted by molar-refractivity contribution is 5.61. The predicted octanol–water partition coefficient (Wildman–Crippen LogP) is 3.90. The first-order chi connectivity index (χ1) is 8.20. The first-order valence-electron chi connectivity index (χ1n) is 6.53. The van der Waals surface area contributed by atoms with Gasteiger partial charge in [0.25, 0.3) is 0 Å². The zero-order chi connectivity index (χ0) is 13.9. The molecule has 0 aromatic heterocycles. The quantitative estimate of drug-likeness (QED) is 0.797. The second-order valence-electron chi connectivity index (χ2n) is 6.15. The number of benzene rings is 1. The van der Waals surface area contributed by atoms with Crippen LogP contribution in [0.3, 0.4) is 0 Å². The van der Waals surface area contributed by atoms with Gasteiger partial charge in [0.05, 0.1) is 11.8 Å². The summed E-state index contributed by atoms with van der Waals surface area (Å²) in [6.07, 6.45) is 0.127. The molecule has 3 N–H and O–H groups in total. The van der Waals surface area contributed by atoms with Crippen LogP contribution in [0.4, 0.5) is 11.4 Å². The number of nitrogen functional groups attached to an aromatic ring is 1. The fourth-order valence-corrected chi connectivity index (χ4v) is 1.45. The van der Waals surface area contributed by atoms with Crippen LogP contribution in [0.15, 0.2) is 18.2 Å². The Morgan fingerprint density at radius 3 is 2.28 bits per heavy atom.